The Kier molecular flexibility index (Phi) is 3.28. The van der Waals surface area contributed by atoms with Crippen molar-refractivity contribution in [2.75, 3.05) is 6.61 Å². The molecule has 2 heterocycles. The molecule has 3 N–H and O–H groups in total. The van der Waals surface area contributed by atoms with Gasteiger partial charge in [-0.15, -0.1) is 0 Å². The molecule has 0 radical (unpaired) electrons. The van der Waals surface area contributed by atoms with Crippen LogP contribution >= 0.6 is 0 Å². The summed E-state index contributed by atoms with van der Waals surface area (Å²) in [5.74, 6) is 0. The van der Waals surface area contributed by atoms with Crippen molar-refractivity contribution in [2.45, 2.75) is 24.5 Å². The van der Waals surface area contributed by atoms with Gasteiger partial charge >= 0.3 is 0 Å². The zero-order valence-electron chi connectivity index (χ0n) is 9.13. The average Bonchev–Trinajstić information content (AvgIpc) is 2.92. The standard InChI is InChI=1S/C10H10N4O4/c11-1-5-6(2-12)14(4-13-5)10-9(17)8(16)7(3-15)18-10/h4,7-10,15-17H,3H2/t7-,8-,9-,10-/m1/s1. The van der Waals surface area contributed by atoms with Gasteiger partial charge in [0.15, 0.2) is 17.6 Å². The van der Waals surface area contributed by atoms with Gasteiger partial charge in [0, 0.05) is 0 Å². The normalized spacial score (nSPS) is 30.9. The Bertz CT molecular complexity index is 529. The number of hydrogen-bond acceptors (Lipinski definition) is 7. The first-order valence-corrected chi connectivity index (χ1v) is 5.13. The highest BCUT2D eigenvalue weighted by molar-refractivity contribution is 5.36. The molecule has 0 saturated carbocycles. The average molecular weight is 250 g/mol. The Morgan fingerprint density at radius 1 is 1.33 bits per heavy atom. The molecule has 0 aliphatic carbocycles. The van der Waals surface area contributed by atoms with E-state index in [2.05, 4.69) is 4.98 Å². The lowest BCUT2D eigenvalue weighted by Gasteiger charge is -2.16. The molecule has 1 aromatic heterocycles. The number of rotatable bonds is 2. The van der Waals surface area contributed by atoms with Crippen molar-refractivity contribution < 1.29 is 20.1 Å². The number of imidazole rings is 1. The quantitative estimate of drug-likeness (QED) is 0.565. The van der Waals surface area contributed by atoms with E-state index in [-0.39, 0.29) is 11.4 Å². The van der Waals surface area contributed by atoms with Crippen LogP contribution in [-0.2, 0) is 4.74 Å². The lowest BCUT2D eigenvalue weighted by molar-refractivity contribution is -0.0531. The highest BCUT2D eigenvalue weighted by atomic mass is 16.6. The van der Waals surface area contributed by atoms with E-state index < -0.39 is 31.1 Å². The number of nitrogens with zero attached hydrogens (tertiary/aromatic N) is 4. The van der Waals surface area contributed by atoms with Crippen LogP contribution in [0.5, 0.6) is 0 Å². The van der Waals surface area contributed by atoms with Gasteiger partial charge in [0.05, 0.1) is 12.9 Å². The molecule has 0 amide bonds. The number of aliphatic hydroxyl groups excluding tert-OH is 3. The van der Waals surface area contributed by atoms with Gasteiger partial charge in [-0.2, -0.15) is 10.5 Å². The fourth-order valence-corrected chi connectivity index (χ4v) is 1.86. The molecule has 0 unspecified atom stereocenters. The molecule has 0 spiro atoms. The van der Waals surface area contributed by atoms with Gasteiger partial charge in [-0.1, -0.05) is 0 Å². The second-order valence-corrected chi connectivity index (χ2v) is 3.80. The van der Waals surface area contributed by atoms with Crippen LogP contribution in [0.2, 0.25) is 0 Å². The van der Waals surface area contributed by atoms with Crippen LogP contribution in [0.25, 0.3) is 0 Å². The van der Waals surface area contributed by atoms with Gasteiger partial charge in [0.2, 0.25) is 0 Å². The van der Waals surface area contributed by atoms with Crippen molar-refractivity contribution in [3.05, 3.63) is 17.7 Å². The second-order valence-electron chi connectivity index (χ2n) is 3.80. The summed E-state index contributed by atoms with van der Waals surface area (Å²) in [4.78, 5) is 3.70. The zero-order valence-corrected chi connectivity index (χ0v) is 9.13. The van der Waals surface area contributed by atoms with Crippen molar-refractivity contribution in [1.29, 1.82) is 10.5 Å². The highest BCUT2D eigenvalue weighted by Crippen LogP contribution is 2.30. The molecule has 94 valence electrons. The van der Waals surface area contributed by atoms with E-state index in [1.165, 1.54) is 10.9 Å². The highest BCUT2D eigenvalue weighted by Gasteiger charge is 2.44. The predicted molar refractivity (Wildman–Crippen MR) is 54.7 cm³/mol. The minimum atomic E-state index is -1.31. The van der Waals surface area contributed by atoms with Crippen LogP contribution in [0.1, 0.15) is 17.6 Å². The molecule has 1 fully saturated rings. The van der Waals surface area contributed by atoms with Gasteiger partial charge in [-0.3, -0.25) is 4.57 Å². The predicted octanol–water partition coefficient (Wildman–Crippen LogP) is -1.76. The molecule has 1 aliphatic heterocycles. The second kappa shape index (κ2) is 4.72. The van der Waals surface area contributed by atoms with Crippen molar-refractivity contribution in [1.82, 2.24) is 9.55 Å². The summed E-state index contributed by atoms with van der Waals surface area (Å²) in [6.45, 7) is -0.462. The third-order valence-corrected chi connectivity index (χ3v) is 2.80. The summed E-state index contributed by atoms with van der Waals surface area (Å²) < 4.78 is 6.40. The smallest absolute Gasteiger partial charge is 0.176 e. The van der Waals surface area contributed by atoms with Gasteiger partial charge in [-0.25, -0.2) is 4.98 Å². The minimum absolute atomic E-state index is 0.0626. The molecular formula is C10H10N4O4. The molecular weight excluding hydrogens is 240 g/mol. The van der Waals surface area contributed by atoms with Crippen molar-refractivity contribution in [3.8, 4) is 12.1 Å². The molecule has 2 rings (SSSR count). The monoisotopic (exact) mass is 250 g/mol. The third-order valence-electron chi connectivity index (χ3n) is 2.80. The summed E-state index contributed by atoms with van der Waals surface area (Å²) in [5.41, 5.74) is -0.150. The van der Waals surface area contributed by atoms with Crippen LogP contribution < -0.4 is 0 Å². The first-order chi connectivity index (χ1) is 8.63. The number of ether oxygens (including phenoxy) is 1. The van der Waals surface area contributed by atoms with E-state index >= 15 is 0 Å². The molecule has 8 nitrogen and oxygen atoms in total. The number of aromatic nitrogens is 2. The largest absolute Gasteiger partial charge is 0.394 e. The third kappa shape index (κ3) is 1.74. The van der Waals surface area contributed by atoms with E-state index in [0.717, 1.165) is 0 Å². The molecule has 0 aromatic carbocycles. The summed E-state index contributed by atoms with van der Waals surface area (Å²) >= 11 is 0. The van der Waals surface area contributed by atoms with E-state index in [4.69, 9.17) is 20.4 Å². The SMILES string of the molecule is N#Cc1ncn([C@@H]2O[C@H](CO)[C@@H](O)[C@H]2O)c1C#N. The van der Waals surface area contributed by atoms with Crippen LogP contribution in [-0.4, -0.2) is 49.8 Å². The van der Waals surface area contributed by atoms with E-state index in [9.17, 15) is 10.2 Å². The summed E-state index contributed by atoms with van der Waals surface area (Å²) in [7, 11) is 0. The van der Waals surface area contributed by atoms with Gasteiger partial charge in [-0.05, 0) is 0 Å². The van der Waals surface area contributed by atoms with Gasteiger partial charge in [0.1, 0.15) is 30.5 Å². The van der Waals surface area contributed by atoms with Crippen LogP contribution in [0.15, 0.2) is 6.33 Å². The topological polar surface area (TPSA) is 135 Å². The Hall–Kier alpha value is -1.97. The first-order valence-electron chi connectivity index (χ1n) is 5.13. The lowest BCUT2D eigenvalue weighted by atomic mass is 10.1. The van der Waals surface area contributed by atoms with Gasteiger partial charge in [0.25, 0.3) is 0 Å². The van der Waals surface area contributed by atoms with Crippen LogP contribution in [0.3, 0.4) is 0 Å². The van der Waals surface area contributed by atoms with Crippen LogP contribution in [0, 0.1) is 22.7 Å². The van der Waals surface area contributed by atoms with Crippen molar-refractivity contribution >= 4 is 0 Å². The fraction of sp³-hybridized carbons (Fsp3) is 0.500. The Morgan fingerprint density at radius 3 is 2.56 bits per heavy atom. The van der Waals surface area contributed by atoms with Crippen molar-refractivity contribution in [3.63, 3.8) is 0 Å². The fourth-order valence-electron chi connectivity index (χ4n) is 1.86. The maximum Gasteiger partial charge on any atom is 0.176 e. The molecule has 4 atom stereocenters. The molecule has 1 aliphatic rings. The minimum Gasteiger partial charge on any atom is -0.394 e. The molecule has 0 bridgehead atoms. The van der Waals surface area contributed by atoms with E-state index in [1.54, 1.807) is 12.1 Å². The summed E-state index contributed by atoms with van der Waals surface area (Å²) in [6.07, 6.45) is -3.39. The lowest BCUT2D eigenvalue weighted by Crippen LogP contribution is -2.33. The maximum atomic E-state index is 9.79. The first kappa shape index (κ1) is 12.5. The van der Waals surface area contributed by atoms with E-state index in [0.29, 0.717) is 0 Å². The molecule has 1 saturated heterocycles. The number of aliphatic hydroxyl groups is 3. The molecule has 8 heteroatoms. The summed E-state index contributed by atoms with van der Waals surface area (Å²) in [5, 5.41) is 46.0. The van der Waals surface area contributed by atoms with Crippen LogP contribution in [0.4, 0.5) is 0 Å². The number of hydrogen-bond donors (Lipinski definition) is 3. The maximum absolute atomic E-state index is 9.79. The number of nitriles is 2. The Morgan fingerprint density at radius 2 is 2.06 bits per heavy atom. The zero-order chi connectivity index (χ0) is 13.3. The van der Waals surface area contributed by atoms with Crippen molar-refractivity contribution in [2.24, 2.45) is 0 Å². The van der Waals surface area contributed by atoms with Gasteiger partial charge < -0.3 is 20.1 Å². The molecule has 1 aromatic rings. The summed E-state index contributed by atoms with van der Waals surface area (Å²) in [6, 6.07) is 3.52. The Balaban J connectivity index is 2.37. The molecule has 18 heavy (non-hydrogen) atoms. The van der Waals surface area contributed by atoms with E-state index in [1.807, 2.05) is 0 Å². The Labute approximate surface area is 102 Å².